The third kappa shape index (κ3) is 4.14. The number of allylic oxidation sites excluding steroid dienone is 2. The first-order valence-electron chi connectivity index (χ1n) is 11.7. The highest BCUT2D eigenvalue weighted by Crippen LogP contribution is 2.39. The maximum absolute atomic E-state index is 11.4. The van der Waals surface area contributed by atoms with E-state index in [1.54, 1.807) is 23.8 Å². The zero-order chi connectivity index (χ0) is 24.7. The van der Waals surface area contributed by atoms with Gasteiger partial charge in [-0.25, -0.2) is 9.50 Å². The number of hydrogen-bond donors (Lipinski definition) is 2. The first-order chi connectivity index (χ1) is 17.6. The number of rotatable bonds is 6. The van der Waals surface area contributed by atoms with Crippen molar-refractivity contribution in [1.82, 2.24) is 30.1 Å². The maximum Gasteiger partial charge on any atom is 0.212 e. The molecule has 6 rings (SSSR count). The summed E-state index contributed by atoms with van der Waals surface area (Å²) in [5.41, 5.74) is 2.07. The Morgan fingerprint density at radius 1 is 1.36 bits per heavy atom. The molecule has 0 radical (unpaired) electrons. The molecule has 3 aromatic rings. The molecule has 1 saturated heterocycles. The molecule has 36 heavy (non-hydrogen) atoms. The van der Waals surface area contributed by atoms with Crippen LogP contribution in [0.25, 0.3) is 4.96 Å². The SMILES string of the molecule is Cc1nn2c3c(nc2s1)CCN(C=COC1=CC=CNC1(Cl)C1CNCCO1)C3c1ccc(C=O)s1. The summed E-state index contributed by atoms with van der Waals surface area (Å²) < 4.78 is 14.0. The summed E-state index contributed by atoms with van der Waals surface area (Å²) in [7, 11) is 0. The van der Waals surface area contributed by atoms with Crippen molar-refractivity contribution in [2.45, 2.75) is 30.5 Å². The Hall–Kier alpha value is -2.70. The number of carbonyl (C=O) groups is 1. The Morgan fingerprint density at radius 3 is 3.08 bits per heavy atom. The van der Waals surface area contributed by atoms with Crippen LogP contribution in [0.2, 0.25) is 0 Å². The van der Waals surface area contributed by atoms with E-state index >= 15 is 0 Å². The highest BCUT2D eigenvalue weighted by molar-refractivity contribution is 7.16. The fourth-order valence-corrected chi connectivity index (χ4v) is 6.82. The van der Waals surface area contributed by atoms with Gasteiger partial charge in [0, 0.05) is 37.1 Å². The van der Waals surface area contributed by atoms with Gasteiger partial charge in [0.05, 0.1) is 22.9 Å². The number of carbonyl (C=O) groups excluding carboxylic acids is 1. The Morgan fingerprint density at radius 2 is 2.28 bits per heavy atom. The first kappa shape index (κ1) is 23.7. The van der Waals surface area contributed by atoms with E-state index in [9.17, 15) is 4.79 Å². The third-order valence-corrected chi connectivity index (χ3v) is 8.89. The lowest BCUT2D eigenvalue weighted by atomic mass is 10.0. The average Bonchev–Trinajstić information content (AvgIpc) is 3.60. The minimum Gasteiger partial charge on any atom is -0.464 e. The molecule has 1 fully saturated rings. The number of nitrogens with one attached hydrogen (secondary N) is 2. The molecule has 3 atom stereocenters. The lowest BCUT2D eigenvalue weighted by Gasteiger charge is -2.39. The number of hydrogen-bond acceptors (Lipinski definition) is 10. The zero-order valence-electron chi connectivity index (χ0n) is 19.5. The van der Waals surface area contributed by atoms with Crippen molar-refractivity contribution in [3.63, 3.8) is 0 Å². The van der Waals surface area contributed by atoms with Gasteiger partial charge in [-0.3, -0.25) is 4.79 Å². The van der Waals surface area contributed by atoms with Crippen LogP contribution in [0, 0.1) is 6.92 Å². The molecule has 188 valence electrons. The van der Waals surface area contributed by atoms with Crippen LogP contribution < -0.4 is 10.6 Å². The summed E-state index contributed by atoms with van der Waals surface area (Å²) in [5.74, 6) is 0.562. The van der Waals surface area contributed by atoms with E-state index in [0.717, 1.165) is 52.0 Å². The molecular formula is C24H25ClN6O3S2. The number of alkyl halides is 1. The number of aryl methyl sites for hydroxylation is 1. The molecule has 3 aromatic heterocycles. The molecule has 0 saturated carbocycles. The largest absolute Gasteiger partial charge is 0.464 e. The number of nitrogens with zero attached hydrogens (tertiary/aromatic N) is 4. The van der Waals surface area contributed by atoms with Gasteiger partial charge in [-0.2, -0.15) is 5.10 Å². The van der Waals surface area contributed by atoms with Gasteiger partial charge in [-0.15, -0.1) is 11.3 Å². The van der Waals surface area contributed by atoms with Crippen LogP contribution in [0.4, 0.5) is 0 Å². The molecule has 0 aliphatic carbocycles. The van der Waals surface area contributed by atoms with Gasteiger partial charge in [0.1, 0.15) is 29.2 Å². The van der Waals surface area contributed by atoms with E-state index in [0.29, 0.717) is 23.8 Å². The summed E-state index contributed by atoms with van der Waals surface area (Å²) in [6, 6.07) is 3.72. The molecule has 3 aliphatic heterocycles. The van der Waals surface area contributed by atoms with E-state index in [1.807, 2.05) is 41.9 Å². The number of halogens is 1. The van der Waals surface area contributed by atoms with Gasteiger partial charge in [0.2, 0.25) is 4.96 Å². The van der Waals surface area contributed by atoms with Gasteiger partial charge in [0.15, 0.2) is 11.3 Å². The number of aldehydes is 1. The topological polar surface area (TPSA) is 93.0 Å². The second kappa shape index (κ2) is 9.64. The predicted octanol–water partition coefficient (Wildman–Crippen LogP) is 3.33. The van der Waals surface area contributed by atoms with Crippen LogP contribution in [-0.2, 0) is 15.9 Å². The minimum atomic E-state index is -1.01. The van der Waals surface area contributed by atoms with Gasteiger partial charge in [-0.1, -0.05) is 22.9 Å². The molecule has 0 bridgehead atoms. The smallest absolute Gasteiger partial charge is 0.212 e. The normalized spacial score (nSPS) is 26.2. The molecule has 3 unspecified atom stereocenters. The highest BCUT2D eigenvalue weighted by Gasteiger charge is 2.44. The molecule has 3 aliphatic rings. The summed E-state index contributed by atoms with van der Waals surface area (Å²) >= 11 is 10.0. The molecular weight excluding hydrogens is 520 g/mol. The second-order valence-electron chi connectivity index (χ2n) is 8.72. The minimum absolute atomic E-state index is 0.145. The number of fused-ring (bicyclic) bond motifs is 3. The van der Waals surface area contributed by atoms with Crippen LogP contribution in [-0.4, -0.2) is 63.1 Å². The standard InChI is InChI=1S/C24H25ClN6O3S2/c1-15-29-31-21-17(28-23(31)35-15)6-9-30(22(21)18-5-4-16(14-32)36-18)10-12-34-19-3-2-7-27-24(19,25)20-13-26-8-11-33-20/h2-5,7,10,12,14,20,22,26-27H,6,8-9,11,13H2,1H3. The molecule has 2 N–H and O–H groups in total. The van der Waals surface area contributed by atoms with Gasteiger partial charge >= 0.3 is 0 Å². The van der Waals surface area contributed by atoms with Gasteiger partial charge in [0.25, 0.3) is 0 Å². The van der Waals surface area contributed by atoms with E-state index in [1.165, 1.54) is 11.3 Å². The van der Waals surface area contributed by atoms with Crippen molar-refractivity contribution >= 4 is 45.5 Å². The Bertz CT molecular complexity index is 1370. The second-order valence-corrected chi connectivity index (χ2v) is 11.6. The number of dihydropyridines is 1. The van der Waals surface area contributed by atoms with Crippen molar-refractivity contribution in [2.75, 3.05) is 26.2 Å². The van der Waals surface area contributed by atoms with E-state index in [2.05, 4.69) is 15.5 Å². The Labute approximate surface area is 221 Å². The van der Waals surface area contributed by atoms with Crippen molar-refractivity contribution < 1.29 is 14.3 Å². The summed E-state index contributed by atoms with van der Waals surface area (Å²) in [5, 5.41) is 12.2. The number of morpholine rings is 1. The van der Waals surface area contributed by atoms with E-state index < -0.39 is 5.00 Å². The van der Waals surface area contributed by atoms with Crippen LogP contribution in [0.1, 0.15) is 37.0 Å². The van der Waals surface area contributed by atoms with Crippen LogP contribution in [0.5, 0.6) is 0 Å². The number of ether oxygens (including phenoxy) is 2. The van der Waals surface area contributed by atoms with Gasteiger partial charge in [-0.05, 0) is 37.4 Å². The molecule has 6 heterocycles. The van der Waals surface area contributed by atoms with E-state index in [-0.39, 0.29) is 12.1 Å². The van der Waals surface area contributed by atoms with Crippen molar-refractivity contribution in [3.05, 3.63) is 74.9 Å². The average molecular weight is 545 g/mol. The van der Waals surface area contributed by atoms with Crippen LogP contribution in [0.3, 0.4) is 0 Å². The fraction of sp³-hybridized carbons (Fsp3) is 0.375. The lowest BCUT2D eigenvalue weighted by Crippen LogP contribution is -2.58. The summed E-state index contributed by atoms with van der Waals surface area (Å²) in [4.78, 5) is 20.1. The number of aromatic nitrogens is 3. The van der Waals surface area contributed by atoms with Crippen molar-refractivity contribution in [1.29, 1.82) is 0 Å². The summed E-state index contributed by atoms with van der Waals surface area (Å²) in [6.45, 7) is 4.73. The fourth-order valence-electron chi connectivity index (χ4n) is 4.79. The lowest BCUT2D eigenvalue weighted by molar-refractivity contribution is -0.00620. The Balaban J connectivity index is 1.30. The van der Waals surface area contributed by atoms with Gasteiger partial charge < -0.3 is 25.0 Å². The number of thiophene rings is 1. The quantitative estimate of drug-likeness (QED) is 0.211. The number of imidazole rings is 1. The highest BCUT2D eigenvalue weighted by atomic mass is 35.5. The van der Waals surface area contributed by atoms with Crippen LogP contribution in [0.15, 0.2) is 48.7 Å². The molecule has 0 aromatic carbocycles. The first-order valence-corrected chi connectivity index (χ1v) is 13.7. The van der Waals surface area contributed by atoms with Crippen LogP contribution >= 0.6 is 34.3 Å². The zero-order valence-corrected chi connectivity index (χ0v) is 21.9. The molecule has 12 heteroatoms. The maximum atomic E-state index is 11.4. The third-order valence-electron chi connectivity index (χ3n) is 6.46. The molecule has 0 amide bonds. The monoisotopic (exact) mass is 544 g/mol. The Kier molecular flexibility index (Phi) is 6.34. The molecule has 0 spiro atoms. The van der Waals surface area contributed by atoms with Crippen molar-refractivity contribution in [3.8, 4) is 0 Å². The molecule has 9 nitrogen and oxygen atoms in total. The van der Waals surface area contributed by atoms with E-state index in [4.69, 9.17) is 31.2 Å². The van der Waals surface area contributed by atoms with Crippen molar-refractivity contribution in [2.24, 2.45) is 0 Å². The summed E-state index contributed by atoms with van der Waals surface area (Å²) in [6.07, 6.45) is 10.5. The predicted molar refractivity (Wildman–Crippen MR) is 139 cm³/mol.